The van der Waals surface area contributed by atoms with Gasteiger partial charge >= 0.3 is 24.2 Å². The van der Waals surface area contributed by atoms with E-state index in [1.54, 1.807) is 19.9 Å². The molecule has 1 N–H and O–H groups in total. The standard InChI is InChI=1S/C24H35NO10/c1-6-9-16(4)21(26)33-13-12-25-18(22(27)30-5)14-17-10-11-19(34-23(28)31-7-2)20(15-17)35-24(29)32-8-3/h10-11,15-16,18,25H,6-9,12-14H2,1-5H3/t16?,18-/m0/s1. The summed E-state index contributed by atoms with van der Waals surface area (Å²) in [5, 5.41) is 3.00. The minimum atomic E-state index is -0.986. The van der Waals surface area contributed by atoms with Crippen molar-refractivity contribution in [3.8, 4) is 11.5 Å². The quantitative estimate of drug-likeness (QED) is 0.175. The van der Waals surface area contributed by atoms with Gasteiger partial charge in [-0.25, -0.2) is 9.59 Å². The Labute approximate surface area is 205 Å². The van der Waals surface area contributed by atoms with Gasteiger partial charge in [0.2, 0.25) is 0 Å². The van der Waals surface area contributed by atoms with Crippen LogP contribution >= 0.6 is 0 Å². The third-order valence-corrected chi connectivity index (χ3v) is 4.71. The first-order valence-electron chi connectivity index (χ1n) is 11.6. The van der Waals surface area contributed by atoms with Gasteiger partial charge < -0.3 is 33.7 Å². The molecule has 0 amide bonds. The molecular weight excluding hydrogens is 462 g/mol. The molecule has 1 unspecified atom stereocenters. The number of carbonyl (C=O) groups excluding carboxylic acids is 4. The van der Waals surface area contributed by atoms with Gasteiger partial charge in [0.15, 0.2) is 11.5 Å². The normalized spacial score (nSPS) is 12.1. The average molecular weight is 498 g/mol. The van der Waals surface area contributed by atoms with E-state index < -0.39 is 24.3 Å². The molecule has 0 aliphatic carbocycles. The third-order valence-electron chi connectivity index (χ3n) is 4.71. The second kappa shape index (κ2) is 16.3. The van der Waals surface area contributed by atoms with Crippen molar-refractivity contribution < 1.29 is 47.6 Å². The molecule has 0 aliphatic heterocycles. The Morgan fingerprint density at radius 1 is 0.886 bits per heavy atom. The molecule has 0 bridgehead atoms. The van der Waals surface area contributed by atoms with Gasteiger partial charge in [0.05, 0.1) is 26.2 Å². The van der Waals surface area contributed by atoms with Crippen molar-refractivity contribution in [2.75, 3.05) is 33.5 Å². The summed E-state index contributed by atoms with van der Waals surface area (Å²) in [5.74, 6) is -1.16. The number of hydrogen-bond donors (Lipinski definition) is 1. The molecule has 1 aromatic rings. The molecule has 196 valence electrons. The molecule has 0 fully saturated rings. The lowest BCUT2D eigenvalue weighted by molar-refractivity contribution is -0.148. The lowest BCUT2D eigenvalue weighted by Gasteiger charge is -2.18. The first-order chi connectivity index (χ1) is 16.7. The molecule has 11 nitrogen and oxygen atoms in total. The molecule has 0 saturated heterocycles. The summed E-state index contributed by atoms with van der Waals surface area (Å²) >= 11 is 0. The Kier molecular flexibility index (Phi) is 13.8. The van der Waals surface area contributed by atoms with E-state index in [-0.39, 0.29) is 56.2 Å². The summed E-state index contributed by atoms with van der Waals surface area (Å²) in [7, 11) is 1.26. The largest absolute Gasteiger partial charge is 0.513 e. The van der Waals surface area contributed by atoms with Gasteiger partial charge in [-0.2, -0.15) is 0 Å². The van der Waals surface area contributed by atoms with Crippen molar-refractivity contribution >= 4 is 24.2 Å². The number of rotatable bonds is 14. The average Bonchev–Trinajstić information content (AvgIpc) is 2.82. The van der Waals surface area contributed by atoms with Crippen molar-refractivity contribution in [3.05, 3.63) is 23.8 Å². The number of nitrogens with one attached hydrogen (secondary N) is 1. The van der Waals surface area contributed by atoms with Crippen LogP contribution in [0.25, 0.3) is 0 Å². The van der Waals surface area contributed by atoms with Gasteiger partial charge in [-0.15, -0.1) is 0 Å². The van der Waals surface area contributed by atoms with Crippen molar-refractivity contribution in [1.29, 1.82) is 0 Å². The van der Waals surface area contributed by atoms with E-state index in [1.807, 2.05) is 13.8 Å². The maximum Gasteiger partial charge on any atom is 0.513 e. The lowest BCUT2D eigenvalue weighted by Crippen LogP contribution is -2.41. The number of esters is 2. The van der Waals surface area contributed by atoms with Gasteiger partial charge in [0.25, 0.3) is 0 Å². The topological polar surface area (TPSA) is 136 Å². The molecule has 0 saturated carbocycles. The van der Waals surface area contributed by atoms with Crippen molar-refractivity contribution in [1.82, 2.24) is 5.32 Å². The summed E-state index contributed by atoms with van der Waals surface area (Å²) in [5.41, 5.74) is 0.567. The first kappa shape index (κ1) is 29.7. The van der Waals surface area contributed by atoms with E-state index in [0.717, 1.165) is 12.8 Å². The van der Waals surface area contributed by atoms with Crippen LogP contribution in [0.1, 0.15) is 46.1 Å². The zero-order valence-corrected chi connectivity index (χ0v) is 20.9. The smallest absolute Gasteiger partial charge is 0.468 e. The molecule has 1 aromatic carbocycles. The first-order valence-corrected chi connectivity index (χ1v) is 11.6. The highest BCUT2D eigenvalue weighted by molar-refractivity contribution is 5.76. The lowest BCUT2D eigenvalue weighted by atomic mass is 10.1. The van der Waals surface area contributed by atoms with Gasteiger partial charge in [-0.1, -0.05) is 26.3 Å². The van der Waals surface area contributed by atoms with Crippen molar-refractivity contribution in [2.24, 2.45) is 5.92 Å². The van der Waals surface area contributed by atoms with E-state index >= 15 is 0 Å². The van der Waals surface area contributed by atoms with Crippen LogP contribution in [0, 0.1) is 5.92 Å². The predicted molar refractivity (Wildman–Crippen MR) is 124 cm³/mol. The molecule has 0 spiro atoms. The Hall–Kier alpha value is -3.34. The van der Waals surface area contributed by atoms with Gasteiger partial charge in [-0.3, -0.25) is 9.59 Å². The zero-order valence-electron chi connectivity index (χ0n) is 20.9. The van der Waals surface area contributed by atoms with E-state index in [4.69, 9.17) is 28.4 Å². The van der Waals surface area contributed by atoms with Crippen LogP contribution < -0.4 is 14.8 Å². The van der Waals surface area contributed by atoms with Crippen LogP contribution in [0.5, 0.6) is 11.5 Å². The highest BCUT2D eigenvalue weighted by Gasteiger charge is 2.22. The highest BCUT2D eigenvalue weighted by atomic mass is 16.7. The fraction of sp³-hybridized carbons (Fsp3) is 0.583. The maximum absolute atomic E-state index is 12.3. The monoisotopic (exact) mass is 497 g/mol. The number of hydrogen-bond acceptors (Lipinski definition) is 11. The van der Waals surface area contributed by atoms with E-state index in [1.165, 1.54) is 19.2 Å². The summed E-state index contributed by atoms with van der Waals surface area (Å²) in [6, 6.07) is 3.66. The van der Waals surface area contributed by atoms with Crippen LogP contribution in [0.4, 0.5) is 9.59 Å². The Morgan fingerprint density at radius 2 is 1.51 bits per heavy atom. The second-order valence-electron chi connectivity index (χ2n) is 7.44. The Balaban J connectivity index is 2.91. The van der Waals surface area contributed by atoms with Crippen LogP contribution in [0.3, 0.4) is 0 Å². The fourth-order valence-electron chi connectivity index (χ4n) is 3.01. The van der Waals surface area contributed by atoms with E-state index in [0.29, 0.717) is 5.56 Å². The zero-order chi connectivity index (χ0) is 26.2. The summed E-state index contributed by atoms with van der Waals surface area (Å²) in [4.78, 5) is 47.8. The molecule has 0 aliphatic rings. The summed E-state index contributed by atoms with van der Waals surface area (Å²) in [6.45, 7) is 7.53. The molecule has 35 heavy (non-hydrogen) atoms. The highest BCUT2D eigenvalue weighted by Crippen LogP contribution is 2.30. The molecule has 0 heterocycles. The van der Waals surface area contributed by atoms with E-state index in [2.05, 4.69) is 5.32 Å². The second-order valence-corrected chi connectivity index (χ2v) is 7.44. The number of carbonyl (C=O) groups is 4. The Bertz CT molecular complexity index is 842. The number of ether oxygens (including phenoxy) is 6. The molecule has 0 radical (unpaired) electrons. The van der Waals surface area contributed by atoms with Crippen LogP contribution in [0.15, 0.2) is 18.2 Å². The molecule has 2 atom stereocenters. The van der Waals surface area contributed by atoms with Gasteiger partial charge in [0.1, 0.15) is 12.6 Å². The molecule has 1 rings (SSSR count). The van der Waals surface area contributed by atoms with Crippen molar-refractivity contribution in [3.63, 3.8) is 0 Å². The predicted octanol–water partition coefficient (Wildman–Crippen LogP) is 3.41. The number of methoxy groups -OCH3 is 1. The maximum atomic E-state index is 12.3. The van der Waals surface area contributed by atoms with Gasteiger partial charge in [-0.05, 0) is 44.4 Å². The fourth-order valence-corrected chi connectivity index (χ4v) is 3.01. The Morgan fingerprint density at radius 3 is 2.09 bits per heavy atom. The summed E-state index contributed by atoms with van der Waals surface area (Å²) in [6.07, 6.45) is -0.190. The van der Waals surface area contributed by atoms with Gasteiger partial charge in [0, 0.05) is 6.54 Å². The minimum absolute atomic E-state index is 0.0593. The van der Waals surface area contributed by atoms with Crippen molar-refractivity contribution in [2.45, 2.75) is 53.0 Å². The molecule has 11 heteroatoms. The third kappa shape index (κ3) is 11.1. The van der Waals surface area contributed by atoms with Crippen LogP contribution in [0.2, 0.25) is 0 Å². The van der Waals surface area contributed by atoms with E-state index in [9.17, 15) is 19.2 Å². The summed E-state index contributed by atoms with van der Waals surface area (Å²) < 4.78 is 29.9. The SMILES string of the molecule is CCCC(C)C(=O)OCCN[C@@H](Cc1ccc(OC(=O)OCC)c(OC(=O)OCC)c1)C(=O)OC. The number of benzene rings is 1. The molecular formula is C24H35NO10. The molecule has 0 aromatic heterocycles. The van der Waals surface area contributed by atoms with Crippen LogP contribution in [-0.4, -0.2) is 63.8 Å². The minimum Gasteiger partial charge on any atom is -0.468 e. The van der Waals surface area contributed by atoms with Crippen LogP contribution in [-0.2, 0) is 35.0 Å².